The molecule has 0 atom stereocenters. The predicted octanol–water partition coefficient (Wildman–Crippen LogP) is 4.59. The highest BCUT2D eigenvalue weighted by Crippen LogP contribution is 2.26. The number of hydrogen-bond acceptors (Lipinski definition) is 6. The Kier molecular flexibility index (Phi) is 6.84. The largest absolute Gasteiger partial charge is 0.478 e. The molecule has 1 N–H and O–H groups in total. The zero-order valence-corrected chi connectivity index (χ0v) is 22.2. The van der Waals surface area contributed by atoms with Gasteiger partial charge in [-0.1, -0.05) is 12.1 Å². The van der Waals surface area contributed by atoms with Gasteiger partial charge in [0.2, 0.25) is 0 Å². The van der Waals surface area contributed by atoms with E-state index >= 15 is 0 Å². The summed E-state index contributed by atoms with van der Waals surface area (Å²) in [6.45, 7) is 4.23. The molecule has 1 aliphatic rings. The summed E-state index contributed by atoms with van der Waals surface area (Å²) in [5.74, 6) is -0.656. The number of anilines is 1. The minimum atomic E-state index is -1.01. The van der Waals surface area contributed by atoms with Crippen LogP contribution >= 0.6 is 0 Å². The Bertz CT molecular complexity index is 1870. The van der Waals surface area contributed by atoms with E-state index in [1.807, 2.05) is 22.9 Å². The van der Waals surface area contributed by atoms with E-state index in [0.717, 1.165) is 48.6 Å². The standard InChI is InChI=1S/C31H26FN7O2/c32-26-15-21(18-34)1-2-24(26)19-38-9-7-22-3-5-25(17-28(22)38)37-13-11-36(12-14-37)20-30-35-27-6-4-23(31(40)41)16-29(27)39(30)10-8-33/h1-7,9,15-17H,10-14,19-20H2,(H,40,41). The number of hydrogen-bond donors (Lipinski definition) is 1. The molecule has 1 saturated heterocycles. The van der Waals surface area contributed by atoms with E-state index in [9.17, 15) is 19.6 Å². The Morgan fingerprint density at radius 2 is 1.78 bits per heavy atom. The summed E-state index contributed by atoms with van der Waals surface area (Å²) in [4.78, 5) is 20.8. The van der Waals surface area contributed by atoms with E-state index in [2.05, 4.69) is 34.1 Å². The van der Waals surface area contributed by atoms with E-state index < -0.39 is 5.97 Å². The second-order valence-corrected chi connectivity index (χ2v) is 10.1. The molecule has 9 nitrogen and oxygen atoms in total. The van der Waals surface area contributed by atoms with Crippen LogP contribution in [0, 0.1) is 28.5 Å². The molecule has 0 radical (unpaired) electrons. The highest BCUT2D eigenvalue weighted by atomic mass is 19.1. The first-order valence-electron chi connectivity index (χ1n) is 13.3. The number of benzene rings is 3. The number of piperazine rings is 1. The van der Waals surface area contributed by atoms with Crippen LogP contribution in [0.3, 0.4) is 0 Å². The van der Waals surface area contributed by atoms with Crippen molar-refractivity contribution in [3.8, 4) is 12.1 Å². The van der Waals surface area contributed by atoms with Crippen LogP contribution in [0.5, 0.6) is 0 Å². The minimum Gasteiger partial charge on any atom is -0.478 e. The molecule has 1 aliphatic heterocycles. The van der Waals surface area contributed by atoms with Gasteiger partial charge in [-0.3, -0.25) is 4.90 Å². The molecule has 0 amide bonds. The average Bonchev–Trinajstić information content (AvgIpc) is 3.54. The molecule has 5 aromatic rings. The summed E-state index contributed by atoms with van der Waals surface area (Å²) in [5.41, 5.74) is 4.44. The monoisotopic (exact) mass is 547 g/mol. The molecule has 0 spiro atoms. The van der Waals surface area contributed by atoms with Crippen molar-refractivity contribution in [3.05, 3.63) is 95.2 Å². The van der Waals surface area contributed by atoms with Gasteiger partial charge in [0.05, 0.1) is 52.9 Å². The van der Waals surface area contributed by atoms with Crippen LogP contribution in [-0.2, 0) is 19.6 Å². The van der Waals surface area contributed by atoms with Crippen LogP contribution in [0.2, 0.25) is 0 Å². The molecule has 0 aliphatic carbocycles. The summed E-state index contributed by atoms with van der Waals surface area (Å²) in [6.07, 6.45) is 1.96. The first kappa shape index (κ1) is 26.1. The lowest BCUT2D eigenvalue weighted by Gasteiger charge is -2.36. The van der Waals surface area contributed by atoms with Gasteiger partial charge in [0, 0.05) is 43.6 Å². The molecule has 0 bridgehead atoms. The van der Waals surface area contributed by atoms with Crippen molar-refractivity contribution in [2.75, 3.05) is 31.1 Å². The van der Waals surface area contributed by atoms with Crippen LogP contribution in [0.15, 0.2) is 66.9 Å². The lowest BCUT2D eigenvalue weighted by Crippen LogP contribution is -2.46. The van der Waals surface area contributed by atoms with E-state index in [1.54, 1.807) is 28.8 Å². The van der Waals surface area contributed by atoms with Crippen LogP contribution < -0.4 is 4.90 Å². The topological polar surface area (TPSA) is 114 Å². The van der Waals surface area contributed by atoms with Gasteiger partial charge in [0.25, 0.3) is 0 Å². The van der Waals surface area contributed by atoms with Crippen LogP contribution in [0.25, 0.3) is 21.9 Å². The molecule has 0 saturated carbocycles. The van der Waals surface area contributed by atoms with Gasteiger partial charge in [0.15, 0.2) is 0 Å². The third-order valence-electron chi connectivity index (χ3n) is 7.69. The summed E-state index contributed by atoms with van der Waals surface area (Å²) < 4.78 is 18.4. The van der Waals surface area contributed by atoms with E-state index in [-0.39, 0.29) is 17.9 Å². The smallest absolute Gasteiger partial charge is 0.335 e. The Hall–Kier alpha value is -5.19. The summed E-state index contributed by atoms with van der Waals surface area (Å²) >= 11 is 0. The van der Waals surface area contributed by atoms with Gasteiger partial charge in [-0.15, -0.1) is 0 Å². The molecule has 2 aromatic heterocycles. The number of rotatable bonds is 7. The summed E-state index contributed by atoms with van der Waals surface area (Å²) in [5, 5.41) is 28.9. The normalized spacial score (nSPS) is 13.9. The van der Waals surface area contributed by atoms with Gasteiger partial charge >= 0.3 is 5.97 Å². The quantitative estimate of drug-likeness (QED) is 0.317. The lowest BCUT2D eigenvalue weighted by molar-refractivity contribution is 0.0697. The fourth-order valence-corrected chi connectivity index (χ4v) is 5.47. The Morgan fingerprint density at radius 1 is 0.951 bits per heavy atom. The van der Waals surface area contributed by atoms with Crippen LogP contribution in [-0.4, -0.2) is 56.3 Å². The van der Waals surface area contributed by atoms with Crippen molar-refractivity contribution < 1.29 is 14.3 Å². The molecule has 1 fully saturated rings. The number of carboxylic acids is 1. The van der Waals surface area contributed by atoms with Crippen molar-refractivity contribution in [3.63, 3.8) is 0 Å². The summed E-state index contributed by atoms with van der Waals surface area (Å²) in [6, 6.07) is 21.9. The van der Waals surface area contributed by atoms with Crippen molar-refractivity contribution in [2.24, 2.45) is 0 Å². The number of imidazole rings is 1. The average molecular weight is 548 g/mol. The van der Waals surface area contributed by atoms with Crippen molar-refractivity contribution in [2.45, 2.75) is 19.6 Å². The Labute approximate surface area is 235 Å². The van der Waals surface area contributed by atoms with Gasteiger partial charge in [-0.2, -0.15) is 10.5 Å². The SMILES string of the molecule is N#CCn1c(CN2CCN(c3ccc4ccn(Cc5ccc(C#N)cc5F)c4c3)CC2)nc2ccc(C(=O)O)cc21. The molecule has 6 rings (SSSR count). The summed E-state index contributed by atoms with van der Waals surface area (Å²) in [7, 11) is 0. The molecule has 10 heteroatoms. The first-order valence-corrected chi connectivity index (χ1v) is 13.3. The fourth-order valence-electron chi connectivity index (χ4n) is 5.47. The highest BCUT2D eigenvalue weighted by molar-refractivity contribution is 5.92. The third kappa shape index (κ3) is 5.09. The molecule has 0 unspecified atom stereocenters. The third-order valence-corrected chi connectivity index (χ3v) is 7.69. The lowest BCUT2D eigenvalue weighted by atomic mass is 10.1. The van der Waals surface area contributed by atoms with Crippen LogP contribution in [0.1, 0.15) is 27.3 Å². The van der Waals surface area contributed by atoms with Gasteiger partial charge in [-0.05, 0) is 53.9 Å². The number of nitriles is 2. The van der Waals surface area contributed by atoms with Gasteiger partial charge < -0.3 is 19.1 Å². The second-order valence-electron chi connectivity index (χ2n) is 10.1. The molecular weight excluding hydrogens is 521 g/mol. The van der Waals surface area contributed by atoms with E-state index in [0.29, 0.717) is 35.2 Å². The molecular formula is C31H26FN7O2. The number of aromatic carboxylic acids is 1. The van der Waals surface area contributed by atoms with Crippen LogP contribution in [0.4, 0.5) is 10.1 Å². The first-order chi connectivity index (χ1) is 19.9. The van der Waals surface area contributed by atoms with Crippen molar-refractivity contribution >= 4 is 33.6 Å². The van der Waals surface area contributed by atoms with E-state index in [4.69, 9.17) is 10.2 Å². The number of carbonyl (C=O) groups is 1. The zero-order valence-electron chi connectivity index (χ0n) is 22.2. The second kappa shape index (κ2) is 10.8. The molecule has 3 heterocycles. The maximum absolute atomic E-state index is 14.5. The van der Waals surface area contributed by atoms with E-state index in [1.165, 1.54) is 12.1 Å². The zero-order chi connectivity index (χ0) is 28.5. The van der Waals surface area contributed by atoms with Gasteiger partial charge in [0.1, 0.15) is 18.2 Å². The molecule has 41 heavy (non-hydrogen) atoms. The number of carboxylic acid groups (broad SMARTS) is 1. The predicted molar refractivity (Wildman–Crippen MR) is 152 cm³/mol. The molecule has 3 aromatic carbocycles. The highest BCUT2D eigenvalue weighted by Gasteiger charge is 2.21. The van der Waals surface area contributed by atoms with Gasteiger partial charge in [-0.25, -0.2) is 14.2 Å². The molecule has 204 valence electrons. The minimum absolute atomic E-state index is 0.0981. The maximum Gasteiger partial charge on any atom is 0.335 e. The maximum atomic E-state index is 14.5. The fraction of sp³-hybridized carbons (Fsp3) is 0.226. The number of nitrogens with zero attached hydrogens (tertiary/aromatic N) is 7. The van der Waals surface area contributed by atoms with Crippen molar-refractivity contribution in [1.29, 1.82) is 10.5 Å². The van der Waals surface area contributed by atoms with Crippen molar-refractivity contribution in [1.82, 2.24) is 19.0 Å². The Morgan fingerprint density at radius 3 is 2.51 bits per heavy atom. The number of aromatic nitrogens is 3. The number of halogens is 1. The number of fused-ring (bicyclic) bond motifs is 2. The Balaban J connectivity index is 1.17.